The fraction of sp³-hybridized carbons (Fsp3) is 0.647. The van der Waals surface area contributed by atoms with Crippen molar-refractivity contribution in [1.82, 2.24) is 0 Å². The number of aliphatic hydroxyl groups is 1. The molecule has 0 aliphatic heterocycles. The molecule has 1 aromatic rings. The minimum atomic E-state index is -0.0514. The van der Waals surface area contributed by atoms with Gasteiger partial charge in [0.15, 0.2) is 0 Å². The predicted molar refractivity (Wildman–Crippen MR) is 83.5 cm³/mol. The van der Waals surface area contributed by atoms with Gasteiger partial charge in [0.1, 0.15) is 0 Å². The lowest BCUT2D eigenvalue weighted by Gasteiger charge is -2.33. The van der Waals surface area contributed by atoms with Crippen molar-refractivity contribution < 1.29 is 5.11 Å². The summed E-state index contributed by atoms with van der Waals surface area (Å²) in [6.45, 7) is 2.27. The standard InChI is InChI=1S/C17H26OS/c1-2-6-14-9-10-17(18)15(13-14)11-12-19-16-7-4-3-5-8-16/h3-5,7-8,14-15,17-18H,2,6,9-13H2,1H3. The van der Waals surface area contributed by atoms with E-state index in [1.165, 1.54) is 30.6 Å². The molecule has 1 nitrogen and oxygen atoms in total. The second kappa shape index (κ2) is 7.96. The third-order valence-corrected chi connectivity index (χ3v) is 5.29. The van der Waals surface area contributed by atoms with Gasteiger partial charge in [0.25, 0.3) is 0 Å². The van der Waals surface area contributed by atoms with Crippen molar-refractivity contribution in [3.63, 3.8) is 0 Å². The number of rotatable bonds is 6. The first-order valence-corrected chi connectivity index (χ1v) is 8.64. The average Bonchev–Trinajstić information content (AvgIpc) is 2.44. The molecule has 0 saturated heterocycles. The minimum absolute atomic E-state index is 0.0514. The molecule has 0 radical (unpaired) electrons. The van der Waals surface area contributed by atoms with E-state index in [0.29, 0.717) is 5.92 Å². The number of benzene rings is 1. The molecule has 2 heteroatoms. The van der Waals surface area contributed by atoms with Crippen LogP contribution in [0.4, 0.5) is 0 Å². The Bertz CT molecular complexity index is 352. The van der Waals surface area contributed by atoms with Crippen LogP contribution in [0, 0.1) is 11.8 Å². The van der Waals surface area contributed by atoms with Gasteiger partial charge in [-0.25, -0.2) is 0 Å². The predicted octanol–water partition coefficient (Wildman–Crippen LogP) is 4.75. The largest absolute Gasteiger partial charge is 0.393 e. The highest BCUT2D eigenvalue weighted by atomic mass is 32.2. The summed E-state index contributed by atoms with van der Waals surface area (Å²) in [4.78, 5) is 1.35. The van der Waals surface area contributed by atoms with E-state index in [1.54, 1.807) is 0 Å². The Labute approximate surface area is 121 Å². The molecular formula is C17H26OS. The van der Waals surface area contributed by atoms with Crippen molar-refractivity contribution in [1.29, 1.82) is 0 Å². The van der Waals surface area contributed by atoms with Gasteiger partial charge in [-0.05, 0) is 55.4 Å². The molecule has 2 rings (SSSR count). The van der Waals surface area contributed by atoms with E-state index < -0.39 is 0 Å². The summed E-state index contributed by atoms with van der Waals surface area (Å²) < 4.78 is 0. The quantitative estimate of drug-likeness (QED) is 0.758. The highest BCUT2D eigenvalue weighted by Crippen LogP contribution is 2.35. The molecule has 3 atom stereocenters. The molecule has 0 aromatic heterocycles. The SMILES string of the molecule is CCCC1CCC(O)C(CCSc2ccccc2)C1. The van der Waals surface area contributed by atoms with Crippen LogP contribution in [0.15, 0.2) is 35.2 Å². The summed E-state index contributed by atoms with van der Waals surface area (Å²) in [5, 5.41) is 10.1. The highest BCUT2D eigenvalue weighted by molar-refractivity contribution is 7.99. The van der Waals surface area contributed by atoms with Crippen molar-refractivity contribution in [3.8, 4) is 0 Å². The number of aliphatic hydroxyl groups excluding tert-OH is 1. The Balaban J connectivity index is 1.74. The van der Waals surface area contributed by atoms with Crippen LogP contribution in [0.5, 0.6) is 0 Å². The van der Waals surface area contributed by atoms with E-state index in [9.17, 15) is 5.11 Å². The summed E-state index contributed by atoms with van der Waals surface area (Å²) in [5.74, 6) is 2.52. The first-order chi connectivity index (χ1) is 9.29. The Hall–Kier alpha value is -0.470. The van der Waals surface area contributed by atoms with Gasteiger partial charge in [-0.3, -0.25) is 0 Å². The van der Waals surface area contributed by atoms with Crippen LogP contribution in [-0.4, -0.2) is 17.0 Å². The van der Waals surface area contributed by atoms with Gasteiger partial charge >= 0.3 is 0 Å². The Morgan fingerprint density at radius 1 is 1.16 bits per heavy atom. The molecule has 19 heavy (non-hydrogen) atoms. The van der Waals surface area contributed by atoms with Gasteiger partial charge in [0.2, 0.25) is 0 Å². The van der Waals surface area contributed by atoms with Gasteiger partial charge in [0.05, 0.1) is 6.10 Å². The molecule has 1 aromatic carbocycles. The second-order valence-electron chi connectivity index (χ2n) is 5.75. The van der Waals surface area contributed by atoms with Crippen molar-refractivity contribution in [3.05, 3.63) is 30.3 Å². The lowest BCUT2D eigenvalue weighted by Crippen LogP contribution is -2.29. The maximum absolute atomic E-state index is 10.1. The van der Waals surface area contributed by atoms with Crippen LogP contribution in [0.25, 0.3) is 0 Å². The van der Waals surface area contributed by atoms with Crippen molar-refractivity contribution in [2.24, 2.45) is 11.8 Å². The third-order valence-electron chi connectivity index (χ3n) is 4.25. The molecule has 0 amide bonds. The molecule has 1 aliphatic carbocycles. The van der Waals surface area contributed by atoms with Gasteiger partial charge in [-0.1, -0.05) is 38.0 Å². The van der Waals surface area contributed by atoms with Crippen LogP contribution < -0.4 is 0 Å². The minimum Gasteiger partial charge on any atom is -0.393 e. The molecule has 3 unspecified atom stereocenters. The summed E-state index contributed by atoms with van der Waals surface area (Å²) in [6.07, 6.45) is 7.22. The molecule has 1 N–H and O–H groups in total. The molecule has 1 saturated carbocycles. The van der Waals surface area contributed by atoms with Crippen molar-refractivity contribution in [2.45, 2.75) is 56.4 Å². The van der Waals surface area contributed by atoms with Crippen molar-refractivity contribution in [2.75, 3.05) is 5.75 Å². The van der Waals surface area contributed by atoms with Crippen molar-refractivity contribution >= 4 is 11.8 Å². The molecule has 106 valence electrons. The number of hydrogen-bond acceptors (Lipinski definition) is 2. The Kier molecular flexibility index (Phi) is 6.25. The lowest BCUT2D eigenvalue weighted by atomic mass is 9.76. The van der Waals surface area contributed by atoms with Gasteiger partial charge in [0, 0.05) is 4.90 Å². The number of thioether (sulfide) groups is 1. The molecule has 0 heterocycles. The third kappa shape index (κ3) is 4.85. The van der Waals surface area contributed by atoms with Crippen LogP contribution in [0.1, 0.15) is 45.4 Å². The van der Waals surface area contributed by atoms with Crippen LogP contribution in [0.2, 0.25) is 0 Å². The van der Waals surface area contributed by atoms with Crippen LogP contribution in [0.3, 0.4) is 0 Å². The monoisotopic (exact) mass is 278 g/mol. The molecule has 0 bridgehead atoms. The molecule has 0 spiro atoms. The van der Waals surface area contributed by atoms with Gasteiger partial charge < -0.3 is 5.11 Å². The van der Waals surface area contributed by atoms with Crippen LogP contribution >= 0.6 is 11.8 Å². The maximum atomic E-state index is 10.1. The summed E-state index contributed by atoms with van der Waals surface area (Å²) in [6, 6.07) is 10.6. The zero-order chi connectivity index (χ0) is 13.5. The van der Waals surface area contributed by atoms with E-state index >= 15 is 0 Å². The first-order valence-electron chi connectivity index (χ1n) is 7.65. The maximum Gasteiger partial charge on any atom is 0.0568 e. The van der Waals surface area contributed by atoms with E-state index in [4.69, 9.17) is 0 Å². The number of hydrogen-bond donors (Lipinski definition) is 1. The molecule has 1 fully saturated rings. The van der Waals surface area contributed by atoms with Gasteiger partial charge in [-0.15, -0.1) is 11.8 Å². The zero-order valence-electron chi connectivity index (χ0n) is 11.9. The fourth-order valence-corrected chi connectivity index (χ4v) is 4.18. The van der Waals surface area contributed by atoms with E-state index in [0.717, 1.165) is 24.5 Å². The van der Waals surface area contributed by atoms with Crippen LogP contribution in [-0.2, 0) is 0 Å². The Morgan fingerprint density at radius 2 is 1.95 bits per heavy atom. The average molecular weight is 278 g/mol. The van der Waals surface area contributed by atoms with E-state index in [-0.39, 0.29) is 6.10 Å². The fourth-order valence-electron chi connectivity index (χ4n) is 3.17. The van der Waals surface area contributed by atoms with E-state index in [2.05, 4.69) is 37.3 Å². The second-order valence-corrected chi connectivity index (χ2v) is 6.91. The summed E-state index contributed by atoms with van der Waals surface area (Å²) in [7, 11) is 0. The summed E-state index contributed by atoms with van der Waals surface area (Å²) >= 11 is 1.92. The topological polar surface area (TPSA) is 20.2 Å². The van der Waals surface area contributed by atoms with E-state index in [1.807, 2.05) is 11.8 Å². The Morgan fingerprint density at radius 3 is 2.68 bits per heavy atom. The first kappa shape index (κ1) is 14.9. The molecule has 1 aliphatic rings. The smallest absolute Gasteiger partial charge is 0.0568 e. The lowest BCUT2D eigenvalue weighted by molar-refractivity contribution is 0.0449. The molecular weight excluding hydrogens is 252 g/mol. The highest BCUT2D eigenvalue weighted by Gasteiger charge is 2.28. The summed E-state index contributed by atoms with van der Waals surface area (Å²) in [5.41, 5.74) is 0. The normalized spacial score (nSPS) is 27.4. The zero-order valence-corrected chi connectivity index (χ0v) is 12.7. The van der Waals surface area contributed by atoms with Gasteiger partial charge in [-0.2, -0.15) is 0 Å².